The number of amides is 1. The highest BCUT2D eigenvalue weighted by Gasteiger charge is 2.13. The standard InChI is InChI=1S/C31H31N3O3/c1-22-15-16-23(2)29(19-22)37-21-31(35)32-20-30-33-26-12-5-6-13-27(26)34(30)17-8-18-36-28-14-7-10-24-9-3-4-11-25(24)28/h3-7,9-16,19H,8,17-18,20-21H2,1-2H3,(H,32,35). The summed E-state index contributed by atoms with van der Waals surface area (Å²) in [5.41, 5.74) is 4.06. The fourth-order valence-corrected chi connectivity index (χ4v) is 4.47. The molecule has 5 rings (SSSR count). The van der Waals surface area contributed by atoms with Crippen molar-refractivity contribution < 1.29 is 14.3 Å². The van der Waals surface area contributed by atoms with Crippen molar-refractivity contribution in [3.63, 3.8) is 0 Å². The molecule has 1 aromatic heterocycles. The number of rotatable bonds is 10. The van der Waals surface area contributed by atoms with Crippen LogP contribution in [-0.4, -0.2) is 28.7 Å². The molecule has 1 heterocycles. The number of carbonyl (C=O) groups is 1. The predicted molar refractivity (Wildman–Crippen MR) is 147 cm³/mol. The molecule has 0 aliphatic carbocycles. The molecule has 0 aliphatic rings. The quantitative estimate of drug-likeness (QED) is 0.244. The van der Waals surface area contributed by atoms with Crippen LogP contribution in [0.5, 0.6) is 11.5 Å². The molecule has 1 N–H and O–H groups in total. The molecule has 5 aromatic rings. The Morgan fingerprint density at radius 1 is 0.892 bits per heavy atom. The first-order valence-electron chi connectivity index (χ1n) is 12.6. The van der Waals surface area contributed by atoms with Crippen molar-refractivity contribution in [3.05, 3.63) is 102 Å². The van der Waals surface area contributed by atoms with E-state index < -0.39 is 0 Å². The second kappa shape index (κ2) is 11.2. The minimum atomic E-state index is -0.182. The van der Waals surface area contributed by atoms with Crippen LogP contribution in [0.15, 0.2) is 84.9 Å². The van der Waals surface area contributed by atoms with E-state index in [4.69, 9.17) is 14.5 Å². The van der Waals surface area contributed by atoms with Crippen LogP contribution in [0.25, 0.3) is 21.8 Å². The molecule has 188 valence electrons. The van der Waals surface area contributed by atoms with Crippen molar-refractivity contribution in [1.29, 1.82) is 0 Å². The number of hydrogen-bond donors (Lipinski definition) is 1. The number of fused-ring (bicyclic) bond motifs is 2. The van der Waals surface area contributed by atoms with E-state index in [1.54, 1.807) is 0 Å². The largest absolute Gasteiger partial charge is 0.493 e. The average Bonchev–Trinajstić information content (AvgIpc) is 3.27. The van der Waals surface area contributed by atoms with Gasteiger partial charge in [0.25, 0.3) is 5.91 Å². The van der Waals surface area contributed by atoms with Gasteiger partial charge < -0.3 is 19.4 Å². The number of aromatic nitrogens is 2. The third-order valence-electron chi connectivity index (χ3n) is 6.41. The van der Waals surface area contributed by atoms with E-state index in [1.807, 2.05) is 74.5 Å². The summed E-state index contributed by atoms with van der Waals surface area (Å²) in [5.74, 6) is 2.25. The number of nitrogens with one attached hydrogen (secondary N) is 1. The normalized spacial score (nSPS) is 11.1. The van der Waals surface area contributed by atoms with Crippen LogP contribution in [0.4, 0.5) is 0 Å². The summed E-state index contributed by atoms with van der Waals surface area (Å²) >= 11 is 0. The first-order chi connectivity index (χ1) is 18.1. The van der Waals surface area contributed by atoms with Crippen LogP contribution < -0.4 is 14.8 Å². The molecule has 0 unspecified atom stereocenters. The summed E-state index contributed by atoms with van der Waals surface area (Å²) in [4.78, 5) is 17.3. The summed E-state index contributed by atoms with van der Waals surface area (Å²) in [6.45, 7) is 5.58. The number of hydrogen-bond acceptors (Lipinski definition) is 4. The number of aryl methyl sites for hydroxylation is 3. The van der Waals surface area contributed by atoms with Crippen LogP contribution in [0.1, 0.15) is 23.4 Å². The fourth-order valence-electron chi connectivity index (χ4n) is 4.47. The highest BCUT2D eigenvalue weighted by Crippen LogP contribution is 2.25. The van der Waals surface area contributed by atoms with E-state index in [0.29, 0.717) is 13.2 Å². The second-order valence-corrected chi connectivity index (χ2v) is 9.18. The summed E-state index contributed by atoms with van der Waals surface area (Å²) in [6, 6.07) is 28.4. The van der Waals surface area contributed by atoms with E-state index in [0.717, 1.165) is 57.8 Å². The lowest BCUT2D eigenvalue weighted by Gasteiger charge is -2.13. The molecule has 0 radical (unpaired) electrons. The van der Waals surface area contributed by atoms with Crippen molar-refractivity contribution in [2.45, 2.75) is 33.4 Å². The Bertz CT molecular complexity index is 1530. The highest BCUT2D eigenvalue weighted by molar-refractivity contribution is 5.88. The number of imidazole rings is 1. The van der Waals surface area contributed by atoms with E-state index in [9.17, 15) is 4.79 Å². The minimum Gasteiger partial charge on any atom is -0.493 e. The molecule has 0 bridgehead atoms. The zero-order chi connectivity index (χ0) is 25.6. The van der Waals surface area contributed by atoms with Crippen LogP contribution >= 0.6 is 0 Å². The van der Waals surface area contributed by atoms with E-state index in [-0.39, 0.29) is 12.5 Å². The smallest absolute Gasteiger partial charge is 0.258 e. The first kappa shape index (κ1) is 24.4. The molecule has 6 heteroatoms. The molecular weight excluding hydrogens is 462 g/mol. The second-order valence-electron chi connectivity index (χ2n) is 9.18. The molecule has 37 heavy (non-hydrogen) atoms. The number of benzene rings is 4. The maximum atomic E-state index is 12.5. The summed E-state index contributed by atoms with van der Waals surface area (Å²) in [7, 11) is 0. The minimum absolute atomic E-state index is 0.0383. The topological polar surface area (TPSA) is 65.4 Å². The molecule has 6 nitrogen and oxygen atoms in total. The van der Waals surface area contributed by atoms with Gasteiger partial charge in [0.05, 0.1) is 24.2 Å². The molecule has 0 saturated carbocycles. The van der Waals surface area contributed by atoms with Gasteiger partial charge in [0, 0.05) is 11.9 Å². The Morgan fingerprint density at radius 3 is 2.62 bits per heavy atom. The Labute approximate surface area is 216 Å². The summed E-state index contributed by atoms with van der Waals surface area (Å²) in [5, 5.41) is 5.24. The van der Waals surface area contributed by atoms with Gasteiger partial charge in [-0.2, -0.15) is 0 Å². The maximum Gasteiger partial charge on any atom is 0.258 e. The van der Waals surface area contributed by atoms with Gasteiger partial charge in [-0.1, -0.05) is 60.7 Å². The zero-order valence-electron chi connectivity index (χ0n) is 21.2. The molecular formula is C31H31N3O3. The fraction of sp³-hybridized carbons (Fsp3) is 0.226. The highest BCUT2D eigenvalue weighted by atomic mass is 16.5. The van der Waals surface area contributed by atoms with Crippen LogP contribution in [-0.2, 0) is 17.9 Å². The number of para-hydroxylation sites is 2. The number of ether oxygens (including phenoxy) is 2. The van der Waals surface area contributed by atoms with Gasteiger partial charge in [0.1, 0.15) is 17.3 Å². The molecule has 0 spiro atoms. The van der Waals surface area contributed by atoms with Gasteiger partial charge in [-0.3, -0.25) is 4.79 Å². The first-order valence-corrected chi connectivity index (χ1v) is 12.6. The Morgan fingerprint density at radius 2 is 1.70 bits per heavy atom. The van der Waals surface area contributed by atoms with Gasteiger partial charge in [-0.15, -0.1) is 0 Å². The van der Waals surface area contributed by atoms with Crippen LogP contribution in [0.3, 0.4) is 0 Å². The third kappa shape index (κ3) is 5.75. The lowest BCUT2D eigenvalue weighted by atomic mass is 10.1. The number of nitrogens with zero attached hydrogens (tertiary/aromatic N) is 2. The van der Waals surface area contributed by atoms with E-state index in [2.05, 4.69) is 34.1 Å². The monoisotopic (exact) mass is 493 g/mol. The SMILES string of the molecule is Cc1ccc(C)c(OCC(=O)NCc2nc3ccccc3n2CCCOc2cccc3ccccc23)c1. The number of carbonyl (C=O) groups excluding carboxylic acids is 1. The van der Waals surface area contributed by atoms with Gasteiger partial charge in [0.2, 0.25) is 0 Å². The van der Waals surface area contributed by atoms with Gasteiger partial charge in [0.15, 0.2) is 6.61 Å². The Kier molecular flexibility index (Phi) is 7.36. The Balaban J connectivity index is 1.21. The molecule has 0 fully saturated rings. The molecule has 1 amide bonds. The van der Waals surface area contributed by atoms with E-state index in [1.165, 1.54) is 5.39 Å². The summed E-state index contributed by atoms with van der Waals surface area (Å²) < 4.78 is 14.1. The van der Waals surface area contributed by atoms with Crippen molar-refractivity contribution in [1.82, 2.24) is 14.9 Å². The van der Waals surface area contributed by atoms with E-state index >= 15 is 0 Å². The lowest BCUT2D eigenvalue weighted by molar-refractivity contribution is -0.123. The third-order valence-corrected chi connectivity index (χ3v) is 6.41. The lowest BCUT2D eigenvalue weighted by Crippen LogP contribution is -2.29. The molecule has 4 aromatic carbocycles. The van der Waals surface area contributed by atoms with Gasteiger partial charge in [-0.25, -0.2) is 4.98 Å². The molecule has 0 saturated heterocycles. The van der Waals surface area contributed by atoms with Crippen LogP contribution in [0, 0.1) is 13.8 Å². The summed E-state index contributed by atoms with van der Waals surface area (Å²) in [6.07, 6.45) is 0.806. The van der Waals surface area contributed by atoms with Gasteiger partial charge in [-0.05, 0) is 61.0 Å². The van der Waals surface area contributed by atoms with Crippen LogP contribution in [0.2, 0.25) is 0 Å². The Hall–Kier alpha value is -4.32. The van der Waals surface area contributed by atoms with Crippen molar-refractivity contribution >= 4 is 27.7 Å². The van der Waals surface area contributed by atoms with Crippen molar-refractivity contribution in [2.24, 2.45) is 0 Å². The van der Waals surface area contributed by atoms with Crippen molar-refractivity contribution in [2.75, 3.05) is 13.2 Å². The average molecular weight is 494 g/mol. The predicted octanol–water partition coefficient (Wildman–Crippen LogP) is 5.97. The molecule has 0 aliphatic heterocycles. The molecule has 0 atom stereocenters. The van der Waals surface area contributed by atoms with Gasteiger partial charge >= 0.3 is 0 Å². The van der Waals surface area contributed by atoms with Crippen molar-refractivity contribution in [3.8, 4) is 11.5 Å². The zero-order valence-corrected chi connectivity index (χ0v) is 21.2. The maximum absolute atomic E-state index is 12.5.